The standard InChI is InChI=1S/C23H41N3O7S2/c1-22(2,3)9-11-32-20-24-19(25-21(26-20)33-13-18(29)30-7)31-10-8-12-34-14-16(27)17(28)15-35-23(4,5)6/h16-17,27-28H,8-15H2,1-7H3. The van der Waals surface area contributed by atoms with Crippen LogP contribution in [-0.4, -0.2) is 92.3 Å². The Morgan fingerprint density at radius 3 is 1.97 bits per heavy atom. The highest BCUT2D eigenvalue weighted by molar-refractivity contribution is 8.00. The number of hydrogen-bond acceptors (Lipinski definition) is 12. The number of hydrogen-bond donors (Lipinski definition) is 2. The summed E-state index contributed by atoms with van der Waals surface area (Å²) in [4.78, 5) is 23.7. The Kier molecular flexibility index (Phi) is 14.0. The molecule has 1 aromatic heterocycles. The number of thioether (sulfide) groups is 2. The highest BCUT2D eigenvalue weighted by Gasteiger charge is 2.20. The molecule has 2 atom stereocenters. The molecule has 0 aliphatic rings. The lowest BCUT2D eigenvalue weighted by molar-refractivity contribution is -0.143. The average molecular weight is 536 g/mol. The first-order valence-corrected chi connectivity index (χ1v) is 13.7. The molecule has 1 aromatic rings. The second-order valence-electron chi connectivity index (χ2n) is 10.0. The van der Waals surface area contributed by atoms with Gasteiger partial charge in [0.15, 0.2) is 6.61 Å². The van der Waals surface area contributed by atoms with E-state index in [1.54, 1.807) is 11.8 Å². The maximum Gasteiger partial charge on any atom is 0.344 e. The molecule has 0 fully saturated rings. The van der Waals surface area contributed by atoms with Crippen LogP contribution in [0.4, 0.5) is 0 Å². The quantitative estimate of drug-likeness (QED) is 0.238. The van der Waals surface area contributed by atoms with Crippen LogP contribution in [0.2, 0.25) is 0 Å². The number of esters is 1. The largest absolute Gasteiger partial charge is 0.466 e. The van der Waals surface area contributed by atoms with E-state index in [2.05, 4.69) is 61.2 Å². The molecule has 0 amide bonds. The summed E-state index contributed by atoms with van der Waals surface area (Å²) in [5.41, 5.74) is 0.0866. The summed E-state index contributed by atoms with van der Waals surface area (Å²) in [6.07, 6.45) is -0.0658. The highest BCUT2D eigenvalue weighted by atomic mass is 32.2. The summed E-state index contributed by atoms with van der Waals surface area (Å²) in [6.45, 7) is 12.9. The minimum absolute atomic E-state index is 0.0327. The van der Waals surface area contributed by atoms with Crippen molar-refractivity contribution in [3.05, 3.63) is 0 Å². The molecule has 0 saturated carbocycles. The van der Waals surface area contributed by atoms with Crippen molar-refractivity contribution in [2.24, 2.45) is 5.41 Å². The molecule has 10 nitrogen and oxygen atoms in total. The van der Waals surface area contributed by atoms with Gasteiger partial charge in [-0.05, 0) is 24.0 Å². The monoisotopic (exact) mass is 535 g/mol. The van der Waals surface area contributed by atoms with E-state index in [4.69, 9.17) is 14.2 Å². The third-order valence-corrected chi connectivity index (χ3v) is 6.82. The van der Waals surface area contributed by atoms with Crippen molar-refractivity contribution in [2.45, 2.75) is 71.3 Å². The van der Waals surface area contributed by atoms with E-state index in [0.29, 0.717) is 31.1 Å². The zero-order chi connectivity index (χ0) is 26.5. The van der Waals surface area contributed by atoms with Gasteiger partial charge in [-0.15, -0.1) is 15.0 Å². The van der Waals surface area contributed by atoms with Crippen molar-refractivity contribution in [1.29, 1.82) is 0 Å². The minimum atomic E-state index is -0.776. The van der Waals surface area contributed by atoms with Gasteiger partial charge in [-0.25, -0.2) is 4.79 Å². The first-order chi connectivity index (χ1) is 16.3. The molecule has 0 aliphatic heterocycles. The molecule has 35 heavy (non-hydrogen) atoms. The molecule has 2 N–H and O–H groups in total. The minimum Gasteiger partial charge on any atom is -0.466 e. The summed E-state index contributed by atoms with van der Waals surface area (Å²) >= 11 is 3.16. The molecule has 1 rings (SSSR count). The van der Waals surface area contributed by atoms with Crippen LogP contribution in [0.15, 0.2) is 0 Å². The van der Waals surface area contributed by atoms with Gasteiger partial charge in [0, 0.05) is 16.3 Å². The van der Waals surface area contributed by atoms with E-state index in [-0.39, 0.29) is 34.8 Å². The molecule has 2 unspecified atom stereocenters. The van der Waals surface area contributed by atoms with Crippen LogP contribution in [0.1, 0.15) is 54.4 Å². The number of aromatic nitrogens is 3. The van der Waals surface area contributed by atoms with E-state index in [1.807, 2.05) is 0 Å². The van der Waals surface area contributed by atoms with Crippen molar-refractivity contribution >= 4 is 29.5 Å². The number of aliphatic hydroxyl groups excluding tert-OH is 2. The first kappa shape index (κ1) is 31.5. The van der Waals surface area contributed by atoms with Gasteiger partial charge in [0.1, 0.15) is 0 Å². The Morgan fingerprint density at radius 2 is 1.43 bits per heavy atom. The highest BCUT2D eigenvalue weighted by Crippen LogP contribution is 2.25. The predicted molar refractivity (Wildman–Crippen MR) is 139 cm³/mol. The maximum absolute atomic E-state index is 11.4. The number of methoxy groups -OCH3 is 1. The lowest BCUT2D eigenvalue weighted by Crippen LogP contribution is -2.31. The van der Waals surface area contributed by atoms with Crippen LogP contribution in [0.3, 0.4) is 0 Å². The smallest absolute Gasteiger partial charge is 0.344 e. The van der Waals surface area contributed by atoms with Gasteiger partial charge >= 0.3 is 24.0 Å². The van der Waals surface area contributed by atoms with Crippen LogP contribution >= 0.6 is 23.5 Å². The Morgan fingerprint density at radius 1 is 0.886 bits per heavy atom. The van der Waals surface area contributed by atoms with Crippen LogP contribution in [0.5, 0.6) is 18.0 Å². The lowest BCUT2D eigenvalue weighted by Gasteiger charge is -2.22. The molecular formula is C23H41N3O7S2. The summed E-state index contributed by atoms with van der Waals surface area (Å²) in [5, 5.41) is 20.2. The fraction of sp³-hybridized carbons (Fsp3) is 0.826. The van der Waals surface area contributed by atoms with E-state index in [9.17, 15) is 15.0 Å². The predicted octanol–water partition coefficient (Wildman–Crippen LogP) is 2.99. The van der Waals surface area contributed by atoms with Crippen LogP contribution < -0.4 is 14.2 Å². The van der Waals surface area contributed by atoms with Gasteiger partial charge in [0.2, 0.25) is 0 Å². The fourth-order valence-electron chi connectivity index (χ4n) is 2.23. The molecule has 12 heteroatoms. The number of rotatable bonds is 16. The lowest BCUT2D eigenvalue weighted by atomic mass is 9.93. The van der Waals surface area contributed by atoms with Gasteiger partial charge < -0.3 is 29.2 Å². The maximum atomic E-state index is 11.4. The molecule has 202 valence electrons. The second kappa shape index (κ2) is 15.6. The third-order valence-electron chi connectivity index (χ3n) is 4.29. The van der Waals surface area contributed by atoms with Crippen molar-refractivity contribution in [2.75, 3.05) is 44.2 Å². The van der Waals surface area contributed by atoms with Crippen LogP contribution in [-0.2, 0) is 9.53 Å². The molecular weight excluding hydrogens is 494 g/mol. The first-order valence-electron chi connectivity index (χ1n) is 11.6. The Balaban J connectivity index is 2.50. The van der Waals surface area contributed by atoms with Crippen molar-refractivity contribution in [3.8, 4) is 18.0 Å². The van der Waals surface area contributed by atoms with E-state index >= 15 is 0 Å². The molecule has 0 saturated heterocycles. The molecule has 0 radical (unpaired) electrons. The fourth-order valence-corrected chi connectivity index (χ4v) is 4.08. The Labute approximate surface area is 217 Å². The van der Waals surface area contributed by atoms with Crippen molar-refractivity contribution < 1.29 is 34.0 Å². The van der Waals surface area contributed by atoms with Gasteiger partial charge in [-0.2, -0.15) is 23.5 Å². The molecule has 0 bridgehead atoms. The average Bonchev–Trinajstić information content (AvgIpc) is 2.76. The number of carbonyl (C=O) groups excluding carboxylic acids is 1. The molecule has 0 spiro atoms. The molecule has 0 aromatic carbocycles. The van der Waals surface area contributed by atoms with Gasteiger partial charge in [-0.3, -0.25) is 0 Å². The molecule has 0 aliphatic carbocycles. The summed E-state index contributed by atoms with van der Waals surface area (Å²) < 4.78 is 21.1. The number of aliphatic hydroxyl groups is 2. The Hall–Kier alpha value is -1.50. The topological polar surface area (TPSA) is 133 Å². The Bertz CT molecular complexity index is 758. The zero-order valence-corrected chi connectivity index (χ0v) is 23.5. The van der Waals surface area contributed by atoms with Crippen molar-refractivity contribution in [3.63, 3.8) is 0 Å². The summed E-state index contributed by atoms with van der Waals surface area (Å²) in [5.74, 6) is 1.09. The van der Waals surface area contributed by atoms with Crippen LogP contribution in [0, 0.1) is 5.41 Å². The SMILES string of the molecule is COC(=O)COc1nc(OCCCSCC(O)C(O)CSC(C)(C)C)nc(OCCC(C)(C)C)n1. The van der Waals surface area contributed by atoms with E-state index in [0.717, 1.165) is 12.2 Å². The number of ether oxygens (including phenoxy) is 4. The third kappa shape index (κ3) is 16.0. The second-order valence-corrected chi connectivity index (χ2v) is 13.0. The molecule has 1 heterocycles. The van der Waals surface area contributed by atoms with Crippen molar-refractivity contribution in [1.82, 2.24) is 15.0 Å². The van der Waals surface area contributed by atoms with Gasteiger partial charge in [0.05, 0.1) is 32.5 Å². The normalized spacial score (nSPS) is 13.7. The van der Waals surface area contributed by atoms with Crippen LogP contribution in [0.25, 0.3) is 0 Å². The zero-order valence-electron chi connectivity index (χ0n) is 21.9. The summed E-state index contributed by atoms with van der Waals surface area (Å²) in [7, 11) is 1.26. The van der Waals surface area contributed by atoms with Gasteiger partial charge in [-0.1, -0.05) is 41.5 Å². The van der Waals surface area contributed by atoms with E-state index < -0.39 is 18.2 Å². The van der Waals surface area contributed by atoms with Gasteiger partial charge in [0.25, 0.3) is 0 Å². The summed E-state index contributed by atoms with van der Waals surface area (Å²) in [6, 6.07) is -0.00483. The number of carbonyl (C=O) groups is 1. The number of nitrogens with zero attached hydrogens (tertiary/aromatic N) is 3. The van der Waals surface area contributed by atoms with E-state index in [1.165, 1.54) is 18.9 Å².